The highest BCUT2D eigenvalue weighted by Gasteiger charge is 2.19. The standard InChI is InChI=1S/C15H21NO2/c1-11(10-16-13-4-5-13)8-12-9-14(17-2)6-7-15(12)18-3/h6-9,13,16H,4-5,10H2,1-3H3. The first kappa shape index (κ1) is 13.0. The van der Waals surface area contributed by atoms with Crippen molar-refractivity contribution >= 4 is 6.08 Å². The van der Waals surface area contributed by atoms with Crippen LogP contribution in [0.15, 0.2) is 23.8 Å². The van der Waals surface area contributed by atoms with Crippen molar-refractivity contribution in [3.63, 3.8) is 0 Å². The van der Waals surface area contributed by atoms with Crippen molar-refractivity contribution in [2.75, 3.05) is 20.8 Å². The molecular weight excluding hydrogens is 226 g/mol. The zero-order valence-electron chi connectivity index (χ0n) is 11.3. The molecule has 1 aliphatic rings. The third kappa shape index (κ3) is 3.50. The Morgan fingerprint density at radius 1 is 1.33 bits per heavy atom. The number of benzene rings is 1. The lowest BCUT2D eigenvalue weighted by molar-refractivity contribution is 0.402. The fourth-order valence-corrected chi connectivity index (χ4v) is 1.86. The molecule has 0 aromatic heterocycles. The van der Waals surface area contributed by atoms with E-state index in [1.807, 2.05) is 18.2 Å². The Hall–Kier alpha value is -1.48. The van der Waals surface area contributed by atoms with Gasteiger partial charge in [0.1, 0.15) is 11.5 Å². The highest BCUT2D eigenvalue weighted by molar-refractivity contribution is 5.61. The van der Waals surface area contributed by atoms with Crippen LogP contribution in [0, 0.1) is 0 Å². The van der Waals surface area contributed by atoms with E-state index in [0.717, 1.165) is 29.6 Å². The molecule has 98 valence electrons. The minimum absolute atomic E-state index is 0.737. The summed E-state index contributed by atoms with van der Waals surface area (Å²) in [5.74, 6) is 1.73. The average Bonchev–Trinajstić information content (AvgIpc) is 3.20. The number of hydrogen-bond donors (Lipinski definition) is 1. The second kappa shape index (κ2) is 5.91. The van der Waals surface area contributed by atoms with E-state index in [1.165, 1.54) is 18.4 Å². The van der Waals surface area contributed by atoms with Crippen molar-refractivity contribution in [1.82, 2.24) is 5.32 Å². The molecule has 3 heteroatoms. The van der Waals surface area contributed by atoms with Gasteiger partial charge in [0, 0.05) is 18.2 Å². The Morgan fingerprint density at radius 3 is 2.72 bits per heavy atom. The van der Waals surface area contributed by atoms with Crippen LogP contribution in [0.5, 0.6) is 11.5 Å². The molecule has 1 aromatic carbocycles. The average molecular weight is 247 g/mol. The molecule has 0 saturated heterocycles. The van der Waals surface area contributed by atoms with E-state index in [2.05, 4.69) is 18.3 Å². The van der Waals surface area contributed by atoms with E-state index in [1.54, 1.807) is 14.2 Å². The van der Waals surface area contributed by atoms with Gasteiger partial charge in [0.2, 0.25) is 0 Å². The second-order valence-corrected chi connectivity index (χ2v) is 4.75. The summed E-state index contributed by atoms with van der Waals surface area (Å²) in [7, 11) is 3.37. The van der Waals surface area contributed by atoms with Crippen molar-refractivity contribution < 1.29 is 9.47 Å². The van der Waals surface area contributed by atoms with Gasteiger partial charge in [-0.15, -0.1) is 0 Å². The maximum atomic E-state index is 5.36. The number of hydrogen-bond acceptors (Lipinski definition) is 3. The molecule has 18 heavy (non-hydrogen) atoms. The molecule has 2 rings (SSSR count). The van der Waals surface area contributed by atoms with Crippen LogP contribution in [0.4, 0.5) is 0 Å². The minimum Gasteiger partial charge on any atom is -0.497 e. The molecule has 1 aromatic rings. The van der Waals surface area contributed by atoms with Crippen LogP contribution in [0.3, 0.4) is 0 Å². The van der Waals surface area contributed by atoms with Gasteiger partial charge in [-0.3, -0.25) is 0 Å². The quantitative estimate of drug-likeness (QED) is 0.838. The molecule has 0 bridgehead atoms. The Labute approximate surface area is 109 Å². The molecule has 1 saturated carbocycles. The summed E-state index contributed by atoms with van der Waals surface area (Å²) in [6, 6.07) is 6.58. The predicted molar refractivity (Wildman–Crippen MR) is 74.2 cm³/mol. The number of methoxy groups -OCH3 is 2. The van der Waals surface area contributed by atoms with Crippen molar-refractivity contribution in [2.45, 2.75) is 25.8 Å². The first-order valence-electron chi connectivity index (χ1n) is 6.35. The van der Waals surface area contributed by atoms with E-state index < -0.39 is 0 Å². The first-order chi connectivity index (χ1) is 8.72. The monoisotopic (exact) mass is 247 g/mol. The van der Waals surface area contributed by atoms with Gasteiger partial charge in [-0.2, -0.15) is 0 Å². The molecule has 0 spiro atoms. The van der Waals surface area contributed by atoms with Crippen LogP contribution in [0.25, 0.3) is 6.08 Å². The fraction of sp³-hybridized carbons (Fsp3) is 0.467. The third-order valence-corrected chi connectivity index (χ3v) is 3.09. The van der Waals surface area contributed by atoms with Crippen molar-refractivity contribution in [3.8, 4) is 11.5 Å². The Kier molecular flexibility index (Phi) is 4.26. The SMILES string of the molecule is COc1ccc(OC)c(C=C(C)CNC2CC2)c1. The van der Waals surface area contributed by atoms with Gasteiger partial charge >= 0.3 is 0 Å². The molecule has 0 radical (unpaired) electrons. The van der Waals surface area contributed by atoms with Crippen LogP contribution >= 0.6 is 0 Å². The zero-order chi connectivity index (χ0) is 13.0. The zero-order valence-corrected chi connectivity index (χ0v) is 11.3. The molecule has 0 heterocycles. The van der Waals surface area contributed by atoms with E-state index >= 15 is 0 Å². The first-order valence-corrected chi connectivity index (χ1v) is 6.35. The van der Waals surface area contributed by atoms with Crippen LogP contribution in [-0.4, -0.2) is 26.8 Å². The van der Waals surface area contributed by atoms with Gasteiger partial charge in [0.05, 0.1) is 14.2 Å². The lowest BCUT2D eigenvalue weighted by atomic mass is 10.1. The van der Waals surface area contributed by atoms with Crippen LogP contribution in [-0.2, 0) is 0 Å². The van der Waals surface area contributed by atoms with E-state index in [9.17, 15) is 0 Å². The smallest absolute Gasteiger partial charge is 0.126 e. The third-order valence-electron chi connectivity index (χ3n) is 3.09. The summed E-state index contributed by atoms with van der Waals surface area (Å²) in [5.41, 5.74) is 2.36. The summed E-state index contributed by atoms with van der Waals surface area (Å²) in [6.07, 6.45) is 4.78. The normalized spacial score (nSPS) is 15.6. The van der Waals surface area contributed by atoms with Gasteiger partial charge in [-0.05, 0) is 38.0 Å². The minimum atomic E-state index is 0.737. The van der Waals surface area contributed by atoms with Gasteiger partial charge < -0.3 is 14.8 Å². The van der Waals surface area contributed by atoms with E-state index in [-0.39, 0.29) is 0 Å². The maximum Gasteiger partial charge on any atom is 0.126 e. The molecule has 0 unspecified atom stereocenters. The van der Waals surface area contributed by atoms with Gasteiger partial charge in [0.25, 0.3) is 0 Å². The predicted octanol–water partition coefficient (Wildman–Crippen LogP) is 2.86. The van der Waals surface area contributed by atoms with Crippen LogP contribution in [0.2, 0.25) is 0 Å². The molecule has 0 aliphatic heterocycles. The summed E-state index contributed by atoms with van der Waals surface area (Å²) in [4.78, 5) is 0. The number of nitrogens with one attached hydrogen (secondary N) is 1. The lowest BCUT2D eigenvalue weighted by Crippen LogP contribution is -2.18. The molecule has 3 nitrogen and oxygen atoms in total. The van der Waals surface area contributed by atoms with Gasteiger partial charge in [-0.25, -0.2) is 0 Å². The molecule has 1 N–H and O–H groups in total. The molecule has 0 atom stereocenters. The lowest BCUT2D eigenvalue weighted by Gasteiger charge is -2.09. The highest BCUT2D eigenvalue weighted by atomic mass is 16.5. The van der Waals surface area contributed by atoms with E-state index in [4.69, 9.17) is 9.47 Å². The molecule has 1 fully saturated rings. The van der Waals surface area contributed by atoms with Crippen molar-refractivity contribution in [3.05, 3.63) is 29.3 Å². The topological polar surface area (TPSA) is 30.5 Å². The Bertz CT molecular complexity index is 436. The highest BCUT2D eigenvalue weighted by Crippen LogP contribution is 2.26. The van der Waals surface area contributed by atoms with Crippen LogP contribution in [0.1, 0.15) is 25.3 Å². The molecule has 0 amide bonds. The fourth-order valence-electron chi connectivity index (χ4n) is 1.86. The van der Waals surface area contributed by atoms with E-state index in [0.29, 0.717) is 0 Å². The summed E-state index contributed by atoms with van der Waals surface area (Å²) in [5, 5.41) is 3.50. The number of ether oxygens (including phenoxy) is 2. The van der Waals surface area contributed by atoms with Crippen molar-refractivity contribution in [2.24, 2.45) is 0 Å². The summed E-state index contributed by atoms with van der Waals surface area (Å²) >= 11 is 0. The van der Waals surface area contributed by atoms with Crippen LogP contribution < -0.4 is 14.8 Å². The Balaban J connectivity index is 2.10. The van der Waals surface area contributed by atoms with Gasteiger partial charge in [-0.1, -0.05) is 11.6 Å². The maximum absolute atomic E-state index is 5.36. The molecular formula is C15H21NO2. The second-order valence-electron chi connectivity index (χ2n) is 4.75. The van der Waals surface area contributed by atoms with Gasteiger partial charge in [0.15, 0.2) is 0 Å². The largest absolute Gasteiger partial charge is 0.497 e. The summed E-state index contributed by atoms with van der Waals surface area (Å²) < 4.78 is 10.6. The number of rotatable bonds is 6. The van der Waals surface area contributed by atoms with Crippen molar-refractivity contribution in [1.29, 1.82) is 0 Å². The molecule has 1 aliphatic carbocycles. The summed E-state index contributed by atoms with van der Waals surface area (Å²) in [6.45, 7) is 3.07. The Morgan fingerprint density at radius 2 is 2.11 bits per heavy atom.